The smallest absolute Gasteiger partial charge is 0.387 e. The molecule has 1 aliphatic rings. The van der Waals surface area contributed by atoms with E-state index in [0.717, 1.165) is 55.0 Å². The molecule has 0 bridgehead atoms. The Balaban J connectivity index is 1.37. The number of alkyl halides is 2. The van der Waals surface area contributed by atoms with Crippen LogP contribution in [0.4, 0.5) is 14.6 Å². The van der Waals surface area contributed by atoms with Crippen LogP contribution >= 0.6 is 0 Å². The van der Waals surface area contributed by atoms with Gasteiger partial charge in [-0.3, -0.25) is 4.90 Å². The number of hydrogen-bond acceptors (Lipinski definition) is 5. The molecule has 0 spiro atoms. The molecular weight excluding hydrogens is 350 g/mol. The molecule has 2 heterocycles. The summed E-state index contributed by atoms with van der Waals surface area (Å²) in [6.07, 6.45) is 1.62. The number of benzene rings is 2. The molecule has 1 saturated heterocycles. The van der Waals surface area contributed by atoms with E-state index in [9.17, 15) is 8.78 Å². The van der Waals surface area contributed by atoms with Gasteiger partial charge in [0.05, 0.1) is 5.52 Å². The Morgan fingerprint density at radius 2 is 1.67 bits per heavy atom. The molecule has 1 aliphatic heterocycles. The highest BCUT2D eigenvalue weighted by atomic mass is 19.3. The number of aromatic nitrogens is 2. The van der Waals surface area contributed by atoms with Crippen LogP contribution in [0.15, 0.2) is 54.9 Å². The normalized spacial score (nSPS) is 15.4. The molecule has 5 nitrogen and oxygen atoms in total. The second-order valence-electron chi connectivity index (χ2n) is 6.50. The van der Waals surface area contributed by atoms with Crippen molar-refractivity contribution in [1.82, 2.24) is 14.9 Å². The van der Waals surface area contributed by atoms with Crippen LogP contribution in [0, 0.1) is 0 Å². The monoisotopic (exact) mass is 370 g/mol. The number of anilines is 1. The average molecular weight is 370 g/mol. The number of hydrogen-bond donors (Lipinski definition) is 0. The third kappa shape index (κ3) is 4.14. The van der Waals surface area contributed by atoms with E-state index in [0.29, 0.717) is 0 Å². The van der Waals surface area contributed by atoms with E-state index in [1.54, 1.807) is 18.5 Å². The molecule has 2 aromatic carbocycles. The molecule has 27 heavy (non-hydrogen) atoms. The number of para-hydroxylation sites is 1. The lowest BCUT2D eigenvalue weighted by Gasteiger charge is -2.35. The molecule has 0 saturated carbocycles. The Morgan fingerprint density at radius 1 is 0.926 bits per heavy atom. The standard InChI is InChI=1S/C20H20F2N4O/c21-20(22)27-16-7-5-15(6-8-16)13-25-9-11-26(12-10-25)19-17-3-1-2-4-18(17)23-14-24-19/h1-8,14,20H,9-13H2. The van der Waals surface area contributed by atoms with E-state index in [1.165, 1.54) is 0 Å². The van der Waals surface area contributed by atoms with Crippen LogP contribution in [0.5, 0.6) is 5.75 Å². The molecule has 0 radical (unpaired) electrons. The van der Waals surface area contributed by atoms with Gasteiger partial charge in [-0.2, -0.15) is 8.78 Å². The molecule has 3 aromatic rings. The Kier molecular flexibility index (Phi) is 5.11. The highest BCUT2D eigenvalue weighted by Gasteiger charge is 2.20. The van der Waals surface area contributed by atoms with Crippen molar-refractivity contribution < 1.29 is 13.5 Å². The van der Waals surface area contributed by atoms with E-state index in [4.69, 9.17) is 0 Å². The van der Waals surface area contributed by atoms with Crippen LogP contribution < -0.4 is 9.64 Å². The molecule has 0 amide bonds. The van der Waals surface area contributed by atoms with Crippen molar-refractivity contribution in [3.8, 4) is 5.75 Å². The number of halogens is 2. The summed E-state index contributed by atoms with van der Waals surface area (Å²) in [4.78, 5) is 13.5. The second kappa shape index (κ2) is 7.84. The molecule has 7 heteroatoms. The molecule has 1 aromatic heterocycles. The minimum Gasteiger partial charge on any atom is -0.435 e. The predicted molar refractivity (Wildman–Crippen MR) is 100 cm³/mol. The highest BCUT2D eigenvalue weighted by molar-refractivity contribution is 5.89. The summed E-state index contributed by atoms with van der Waals surface area (Å²) < 4.78 is 28.8. The highest BCUT2D eigenvalue weighted by Crippen LogP contribution is 2.24. The third-order valence-corrected chi connectivity index (χ3v) is 4.75. The van der Waals surface area contributed by atoms with Gasteiger partial charge in [-0.25, -0.2) is 9.97 Å². The van der Waals surface area contributed by atoms with E-state index < -0.39 is 6.61 Å². The van der Waals surface area contributed by atoms with Gasteiger partial charge in [0.2, 0.25) is 0 Å². The maximum atomic E-state index is 12.2. The van der Waals surface area contributed by atoms with E-state index in [2.05, 4.69) is 30.6 Å². The zero-order valence-electron chi connectivity index (χ0n) is 14.8. The number of fused-ring (bicyclic) bond motifs is 1. The molecular formula is C20H20F2N4O. The summed E-state index contributed by atoms with van der Waals surface area (Å²) in [6.45, 7) is 1.58. The Labute approximate surface area is 156 Å². The van der Waals surface area contributed by atoms with Crippen LogP contribution in [0.1, 0.15) is 5.56 Å². The van der Waals surface area contributed by atoms with Crippen molar-refractivity contribution in [2.24, 2.45) is 0 Å². The minimum atomic E-state index is -2.79. The first-order valence-corrected chi connectivity index (χ1v) is 8.90. The summed E-state index contributed by atoms with van der Waals surface area (Å²) in [5.74, 6) is 1.17. The van der Waals surface area contributed by atoms with Gasteiger partial charge in [-0.1, -0.05) is 24.3 Å². The molecule has 140 valence electrons. The SMILES string of the molecule is FC(F)Oc1ccc(CN2CCN(c3ncnc4ccccc34)CC2)cc1. The average Bonchev–Trinajstić information content (AvgIpc) is 2.69. The van der Waals surface area contributed by atoms with Crippen LogP contribution in [-0.2, 0) is 6.54 Å². The fraction of sp³-hybridized carbons (Fsp3) is 0.300. The summed E-state index contributed by atoms with van der Waals surface area (Å²) in [7, 11) is 0. The quantitative estimate of drug-likeness (QED) is 0.687. The summed E-state index contributed by atoms with van der Waals surface area (Å²) in [5.41, 5.74) is 2.04. The summed E-state index contributed by atoms with van der Waals surface area (Å²) >= 11 is 0. The Hall–Kier alpha value is -2.80. The van der Waals surface area contributed by atoms with Crippen molar-refractivity contribution in [2.45, 2.75) is 13.2 Å². The van der Waals surface area contributed by atoms with Gasteiger partial charge in [-0.05, 0) is 29.8 Å². The fourth-order valence-corrected chi connectivity index (χ4v) is 3.39. The maximum Gasteiger partial charge on any atom is 0.387 e. The van der Waals surface area contributed by atoms with Crippen molar-refractivity contribution in [2.75, 3.05) is 31.1 Å². The van der Waals surface area contributed by atoms with Gasteiger partial charge in [0.15, 0.2) is 0 Å². The Morgan fingerprint density at radius 3 is 2.41 bits per heavy atom. The maximum absolute atomic E-state index is 12.2. The molecule has 1 fully saturated rings. The number of ether oxygens (including phenoxy) is 1. The second-order valence-corrected chi connectivity index (χ2v) is 6.50. The van der Waals surface area contributed by atoms with Crippen molar-refractivity contribution >= 4 is 16.7 Å². The van der Waals surface area contributed by atoms with Gasteiger partial charge in [0, 0.05) is 38.1 Å². The topological polar surface area (TPSA) is 41.5 Å². The minimum absolute atomic E-state index is 0.189. The zero-order valence-corrected chi connectivity index (χ0v) is 14.8. The molecule has 0 aliphatic carbocycles. The molecule has 0 N–H and O–H groups in total. The largest absolute Gasteiger partial charge is 0.435 e. The van der Waals surface area contributed by atoms with E-state index in [-0.39, 0.29) is 5.75 Å². The molecule has 0 unspecified atom stereocenters. The lowest BCUT2D eigenvalue weighted by atomic mass is 10.1. The third-order valence-electron chi connectivity index (χ3n) is 4.75. The van der Waals surface area contributed by atoms with Crippen LogP contribution in [-0.4, -0.2) is 47.7 Å². The van der Waals surface area contributed by atoms with Gasteiger partial charge in [0.1, 0.15) is 17.9 Å². The first-order chi connectivity index (χ1) is 13.2. The van der Waals surface area contributed by atoms with Crippen molar-refractivity contribution in [1.29, 1.82) is 0 Å². The van der Waals surface area contributed by atoms with E-state index in [1.807, 2.05) is 30.3 Å². The number of nitrogens with zero attached hydrogens (tertiary/aromatic N) is 4. The van der Waals surface area contributed by atoms with Crippen molar-refractivity contribution in [3.63, 3.8) is 0 Å². The predicted octanol–water partition coefficient (Wildman–Crippen LogP) is 3.55. The Bertz CT molecular complexity index is 891. The summed E-state index contributed by atoms with van der Waals surface area (Å²) in [5, 5.41) is 1.07. The molecule has 0 atom stereocenters. The van der Waals surface area contributed by atoms with Crippen LogP contribution in [0.3, 0.4) is 0 Å². The number of piperazine rings is 1. The number of rotatable bonds is 5. The van der Waals surface area contributed by atoms with Gasteiger partial charge in [0.25, 0.3) is 0 Å². The van der Waals surface area contributed by atoms with Crippen molar-refractivity contribution in [3.05, 3.63) is 60.4 Å². The van der Waals surface area contributed by atoms with E-state index >= 15 is 0 Å². The van der Waals surface area contributed by atoms with Gasteiger partial charge >= 0.3 is 6.61 Å². The lowest BCUT2D eigenvalue weighted by Crippen LogP contribution is -2.46. The zero-order chi connectivity index (χ0) is 18.6. The first-order valence-electron chi connectivity index (χ1n) is 8.90. The summed E-state index contributed by atoms with van der Waals surface area (Å²) in [6, 6.07) is 14.9. The van der Waals surface area contributed by atoms with Crippen LogP contribution in [0.2, 0.25) is 0 Å². The van der Waals surface area contributed by atoms with Gasteiger partial charge < -0.3 is 9.64 Å². The molecule has 4 rings (SSSR count). The lowest BCUT2D eigenvalue weighted by molar-refractivity contribution is -0.0498. The van der Waals surface area contributed by atoms with Gasteiger partial charge in [-0.15, -0.1) is 0 Å². The first kappa shape index (κ1) is 17.6. The fourth-order valence-electron chi connectivity index (χ4n) is 3.39. The van der Waals surface area contributed by atoms with Crippen LogP contribution in [0.25, 0.3) is 10.9 Å².